The molecule has 5 nitrogen and oxygen atoms in total. The zero-order valence-corrected chi connectivity index (χ0v) is 15.3. The molecule has 0 radical (unpaired) electrons. The van der Waals surface area contributed by atoms with E-state index < -0.39 is 5.56 Å². The summed E-state index contributed by atoms with van der Waals surface area (Å²) in [5.41, 5.74) is 1.89. The van der Waals surface area contributed by atoms with Crippen LogP contribution in [0.5, 0.6) is 11.5 Å². The van der Waals surface area contributed by atoms with Gasteiger partial charge in [-0.1, -0.05) is 30.8 Å². The molecule has 0 aliphatic carbocycles. The maximum atomic E-state index is 12.0. The third kappa shape index (κ3) is 3.79. The number of rotatable bonds is 5. The van der Waals surface area contributed by atoms with Crippen LogP contribution in [0.3, 0.4) is 0 Å². The lowest BCUT2D eigenvalue weighted by Crippen LogP contribution is -2.14. The van der Waals surface area contributed by atoms with E-state index in [1.807, 2.05) is 36.6 Å². The van der Waals surface area contributed by atoms with Gasteiger partial charge in [-0.25, -0.2) is 4.98 Å². The summed E-state index contributed by atoms with van der Waals surface area (Å²) in [7, 11) is 0. The quantitative estimate of drug-likeness (QED) is 0.537. The molecule has 130 valence electrons. The van der Waals surface area contributed by atoms with Gasteiger partial charge in [-0.05, 0) is 54.6 Å². The molecule has 6 heteroatoms. The molecule has 0 spiro atoms. The Morgan fingerprint density at radius 1 is 1.12 bits per heavy atom. The normalized spacial score (nSPS) is 10.3. The van der Waals surface area contributed by atoms with Crippen LogP contribution in [0.1, 0.15) is 18.1 Å². The smallest absolute Gasteiger partial charge is 0.270 e. The first kappa shape index (κ1) is 17.8. The highest BCUT2D eigenvalue weighted by molar-refractivity contribution is 7.98. The second kappa shape index (κ2) is 7.89. The molecule has 0 atom stereocenters. The van der Waals surface area contributed by atoms with Crippen molar-refractivity contribution in [3.63, 3.8) is 0 Å². The van der Waals surface area contributed by atoms with Gasteiger partial charge in [0.25, 0.3) is 5.56 Å². The number of thioether (sulfide) groups is 1. The average Bonchev–Trinajstić information content (AvgIpc) is 2.68. The van der Waals surface area contributed by atoms with Crippen LogP contribution in [0.4, 0.5) is 0 Å². The van der Waals surface area contributed by atoms with Crippen LogP contribution in [0.2, 0.25) is 0 Å². The predicted octanol–water partition coefficient (Wildman–Crippen LogP) is 4.39. The summed E-state index contributed by atoms with van der Waals surface area (Å²) in [6, 6.07) is 17.1. The summed E-state index contributed by atoms with van der Waals surface area (Å²) in [4.78, 5) is 19.0. The highest BCUT2D eigenvalue weighted by Crippen LogP contribution is 2.26. The van der Waals surface area contributed by atoms with Crippen molar-refractivity contribution in [3.8, 4) is 28.8 Å². The zero-order chi connectivity index (χ0) is 18.5. The molecule has 0 amide bonds. The molecule has 0 aliphatic heterocycles. The Labute approximate surface area is 155 Å². The van der Waals surface area contributed by atoms with E-state index in [1.165, 1.54) is 17.3 Å². The maximum absolute atomic E-state index is 12.0. The number of ether oxygens (including phenoxy) is 1. The van der Waals surface area contributed by atoms with E-state index in [2.05, 4.69) is 16.9 Å². The summed E-state index contributed by atoms with van der Waals surface area (Å²) in [5, 5.41) is 9.75. The fourth-order valence-electron chi connectivity index (χ4n) is 2.47. The molecule has 26 heavy (non-hydrogen) atoms. The van der Waals surface area contributed by atoms with Gasteiger partial charge >= 0.3 is 0 Å². The molecule has 1 N–H and O–H groups in total. The van der Waals surface area contributed by atoms with E-state index >= 15 is 0 Å². The molecule has 0 saturated carbocycles. The number of H-pyrrole nitrogens is 1. The molecule has 1 aromatic heterocycles. The molecule has 0 bridgehead atoms. The fourth-order valence-corrected chi connectivity index (χ4v) is 2.85. The lowest BCUT2D eigenvalue weighted by Gasteiger charge is -2.08. The predicted molar refractivity (Wildman–Crippen MR) is 103 cm³/mol. The number of aryl methyl sites for hydroxylation is 1. The number of nitrogens with one attached hydrogen (secondary N) is 1. The molecule has 3 aromatic rings. The summed E-state index contributed by atoms with van der Waals surface area (Å²) >= 11 is 1.32. The van der Waals surface area contributed by atoms with Crippen molar-refractivity contribution in [2.45, 2.75) is 18.5 Å². The lowest BCUT2D eigenvalue weighted by atomic mass is 10.1. The first-order chi connectivity index (χ1) is 12.6. The molecule has 1 heterocycles. The van der Waals surface area contributed by atoms with Crippen LogP contribution in [0, 0.1) is 11.3 Å². The van der Waals surface area contributed by atoms with Crippen molar-refractivity contribution >= 4 is 11.8 Å². The van der Waals surface area contributed by atoms with Crippen molar-refractivity contribution in [2.24, 2.45) is 0 Å². The van der Waals surface area contributed by atoms with Crippen LogP contribution in [0.15, 0.2) is 58.5 Å². The van der Waals surface area contributed by atoms with Crippen molar-refractivity contribution in [2.75, 3.05) is 6.26 Å². The number of aromatic nitrogens is 2. The summed E-state index contributed by atoms with van der Waals surface area (Å²) in [6.45, 7) is 2.11. The van der Waals surface area contributed by atoms with Gasteiger partial charge in [0.15, 0.2) is 5.16 Å². The van der Waals surface area contributed by atoms with Crippen LogP contribution in [-0.2, 0) is 6.42 Å². The number of aromatic amines is 1. The van der Waals surface area contributed by atoms with E-state index in [0.717, 1.165) is 12.2 Å². The van der Waals surface area contributed by atoms with E-state index in [-0.39, 0.29) is 5.56 Å². The molecular formula is C20H17N3O2S. The van der Waals surface area contributed by atoms with E-state index in [4.69, 9.17) is 4.74 Å². The Bertz CT molecular complexity index is 1000. The second-order valence-corrected chi connectivity index (χ2v) is 6.33. The molecule has 0 aliphatic rings. The molecular weight excluding hydrogens is 346 g/mol. The summed E-state index contributed by atoms with van der Waals surface area (Å²) in [5.74, 6) is 1.43. The minimum atomic E-state index is -0.432. The number of nitriles is 1. The SMILES string of the molecule is CCc1ccc(Oc2ccc(-c3nc(SC)[nH]c(=O)c3C#N)cc2)cc1. The van der Waals surface area contributed by atoms with Crippen molar-refractivity contribution in [1.82, 2.24) is 9.97 Å². The van der Waals surface area contributed by atoms with E-state index in [1.54, 1.807) is 24.3 Å². The Kier molecular flexibility index (Phi) is 5.40. The number of hydrogen-bond acceptors (Lipinski definition) is 5. The molecule has 2 aromatic carbocycles. The minimum Gasteiger partial charge on any atom is -0.457 e. The van der Waals surface area contributed by atoms with Gasteiger partial charge in [-0.3, -0.25) is 4.79 Å². The van der Waals surface area contributed by atoms with E-state index in [9.17, 15) is 10.1 Å². The van der Waals surface area contributed by atoms with Gasteiger partial charge in [0.1, 0.15) is 23.1 Å². The van der Waals surface area contributed by atoms with Gasteiger partial charge in [0, 0.05) is 5.56 Å². The van der Waals surface area contributed by atoms with Crippen LogP contribution in [0.25, 0.3) is 11.3 Å². The maximum Gasteiger partial charge on any atom is 0.270 e. The monoisotopic (exact) mass is 363 g/mol. The van der Waals surface area contributed by atoms with Crippen LogP contribution in [-0.4, -0.2) is 16.2 Å². The largest absolute Gasteiger partial charge is 0.457 e. The summed E-state index contributed by atoms with van der Waals surface area (Å²) in [6.07, 6.45) is 2.80. The topological polar surface area (TPSA) is 78.8 Å². The number of benzene rings is 2. The van der Waals surface area contributed by atoms with E-state index in [0.29, 0.717) is 22.2 Å². The Hall–Kier alpha value is -3.04. The van der Waals surface area contributed by atoms with Crippen molar-refractivity contribution in [1.29, 1.82) is 5.26 Å². The third-order valence-corrected chi connectivity index (χ3v) is 4.48. The van der Waals surface area contributed by atoms with Crippen molar-refractivity contribution in [3.05, 3.63) is 70.0 Å². The minimum absolute atomic E-state index is 0.00613. The van der Waals surface area contributed by atoms with Gasteiger partial charge < -0.3 is 9.72 Å². The van der Waals surface area contributed by atoms with Crippen LogP contribution >= 0.6 is 11.8 Å². The first-order valence-corrected chi connectivity index (χ1v) is 9.32. The van der Waals surface area contributed by atoms with Crippen molar-refractivity contribution < 1.29 is 4.74 Å². The Balaban J connectivity index is 1.89. The fraction of sp³-hybridized carbons (Fsp3) is 0.150. The highest BCUT2D eigenvalue weighted by atomic mass is 32.2. The first-order valence-electron chi connectivity index (χ1n) is 8.10. The van der Waals surface area contributed by atoms with Crippen LogP contribution < -0.4 is 10.3 Å². The van der Waals surface area contributed by atoms with Gasteiger partial charge in [0.05, 0.1) is 5.69 Å². The standard InChI is InChI=1S/C20H17N3O2S/c1-3-13-4-8-15(9-5-13)25-16-10-6-14(7-11-16)18-17(12-21)19(24)23-20(22-18)26-2/h4-11H,3H2,1-2H3,(H,22,23,24). The summed E-state index contributed by atoms with van der Waals surface area (Å²) < 4.78 is 5.84. The Morgan fingerprint density at radius 3 is 2.27 bits per heavy atom. The number of hydrogen-bond donors (Lipinski definition) is 1. The highest BCUT2D eigenvalue weighted by Gasteiger charge is 2.13. The second-order valence-electron chi connectivity index (χ2n) is 5.53. The van der Waals surface area contributed by atoms with Gasteiger partial charge in [-0.2, -0.15) is 5.26 Å². The molecule has 0 fully saturated rings. The molecule has 3 rings (SSSR count). The molecule has 0 unspecified atom stereocenters. The zero-order valence-electron chi connectivity index (χ0n) is 14.4. The average molecular weight is 363 g/mol. The third-order valence-electron chi connectivity index (χ3n) is 3.90. The molecule has 0 saturated heterocycles. The van der Waals surface area contributed by atoms with Gasteiger partial charge in [0.2, 0.25) is 0 Å². The Morgan fingerprint density at radius 2 is 1.73 bits per heavy atom. The number of nitrogens with zero attached hydrogens (tertiary/aromatic N) is 2. The van der Waals surface area contributed by atoms with Gasteiger partial charge in [-0.15, -0.1) is 0 Å². The lowest BCUT2D eigenvalue weighted by molar-refractivity contribution is 0.482.